The zero-order valence-corrected chi connectivity index (χ0v) is 10.9. The maximum Gasteiger partial charge on any atom is 0.158 e. The van der Waals surface area contributed by atoms with Gasteiger partial charge in [-0.2, -0.15) is 0 Å². The van der Waals surface area contributed by atoms with Gasteiger partial charge in [-0.05, 0) is 33.1 Å². The molecule has 0 heterocycles. The Labute approximate surface area is 101 Å². The number of unbranched alkanes of at least 4 members (excludes halogenated alkanes) is 2. The lowest BCUT2D eigenvalue weighted by Gasteiger charge is -2.08. The molecule has 0 rings (SSSR count). The Balaban J connectivity index is 3.99. The van der Waals surface area contributed by atoms with E-state index in [1.807, 2.05) is 0 Å². The van der Waals surface area contributed by atoms with Crippen LogP contribution in [-0.4, -0.2) is 6.10 Å². The lowest BCUT2D eigenvalue weighted by atomic mass is 10.1. The van der Waals surface area contributed by atoms with Crippen LogP contribution in [0, 0.1) is 11.8 Å². The Hall–Kier alpha value is -1.16. The molecule has 0 fully saturated rings. The van der Waals surface area contributed by atoms with E-state index in [2.05, 4.69) is 45.3 Å². The fourth-order valence-electron chi connectivity index (χ4n) is 1.26. The second kappa shape index (κ2) is 10.4. The summed E-state index contributed by atoms with van der Waals surface area (Å²) in [5, 5.41) is 0. The molecule has 0 aliphatic rings. The quantitative estimate of drug-likeness (QED) is 0.266. The maximum atomic E-state index is 5.37. The minimum atomic E-state index is 0.00459. The summed E-state index contributed by atoms with van der Waals surface area (Å²) < 4.78 is 5.37. The van der Waals surface area contributed by atoms with Crippen molar-refractivity contribution in [3.05, 3.63) is 24.5 Å². The van der Waals surface area contributed by atoms with Crippen LogP contribution >= 0.6 is 0 Å². The number of ether oxygens (including phenoxy) is 1. The van der Waals surface area contributed by atoms with Crippen LogP contribution in [0.25, 0.3) is 0 Å². The normalized spacial score (nSPS) is 10.9. The zero-order valence-electron chi connectivity index (χ0n) is 10.9. The lowest BCUT2D eigenvalue weighted by molar-refractivity contribution is 0.188. The summed E-state index contributed by atoms with van der Waals surface area (Å²) in [5.74, 6) is 6.32. The average Bonchev–Trinajstić information content (AvgIpc) is 2.23. The number of hydrogen-bond donors (Lipinski definition) is 0. The number of rotatable bonds is 7. The van der Waals surface area contributed by atoms with Crippen molar-refractivity contribution in [2.75, 3.05) is 0 Å². The molecule has 0 aliphatic heterocycles. The van der Waals surface area contributed by atoms with Crippen molar-refractivity contribution in [3.63, 3.8) is 0 Å². The third-order valence-corrected chi connectivity index (χ3v) is 2.16. The van der Waals surface area contributed by atoms with E-state index in [9.17, 15) is 0 Å². The SMILES string of the molecule is C=COC(C#CCCCC)CCC=C(C)C. The van der Waals surface area contributed by atoms with E-state index < -0.39 is 0 Å². The molecule has 0 aromatic heterocycles. The first kappa shape index (κ1) is 14.8. The highest BCUT2D eigenvalue weighted by atomic mass is 16.5. The molecule has 1 atom stereocenters. The Kier molecular flexibility index (Phi) is 9.61. The molecule has 16 heavy (non-hydrogen) atoms. The summed E-state index contributed by atoms with van der Waals surface area (Å²) >= 11 is 0. The van der Waals surface area contributed by atoms with E-state index in [1.165, 1.54) is 24.7 Å². The third kappa shape index (κ3) is 9.40. The Morgan fingerprint density at radius 3 is 2.75 bits per heavy atom. The monoisotopic (exact) mass is 220 g/mol. The summed E-state index contributed by atoms with van der Waals surface area (Å²) in [5.41, 5.74) is 1.34. The van der Waals surface area contributed by atoms with E-state index in [4.69, 9.17) is 4.74 Å². The van der Waals surface area contributed by atoms with E-state index in [0.29, 0.717) is 0 Å². The van der Waals surface area contributed by atoms with Crippen molar-refractivity contribution in [2.45, 2.75) is 59.0 Å². The molecular weight excluding hydrogens is 196 g/mol. The Morgan fingerprint density at radius 2 is 2.19 bits per heavy atom. The fourth-order valence-corrected chi connectivity index (χ4v) is 1.26. The van der Waals surface area contributed by atoms with Gasteiger partial charge in [-0.25, -0.2) is 0 Å². The molecule has 1 heteroatoms. The molecule has 0 aromatic rings. The predicted molar refractivity (Wildman–Crippen MR) is 71.0 cm³/mol. The molecule has 0 N–H and O–H groups in total. The first-order chi connectivity index (χ1) is 7.70. The molecule has 0 radical (unpaired) electrons. The van der Waals surface area contributed by atoms with Gasteiger partial charge < -0.3 is 4.74 Å². The summed E-state index contributed by atoms with van der Waals surface area (Å²) in [6.07, 6.45) is 9.00. The minimum Gasteiger partial charge on any atom is -0.486 e. The van der Waals surface area contributed by atoms with Gasteiger partial charge in [0.25, 0.3) is 0 Å². The van der Waals surface area contributed by atoms with E-state index in [0.717, 1.165) is 19.3 Å². The molecule has 0 saturated carbocycles. The largest absolute Gasteiger partial charge is 0.486 e. The zero-order chi connectivity index (χ0) is 12.2. The molecule has 0 amide bonds. The molecule has 0 saturated heterocycles. The second-order valence-corrected chi connectivity index (χ2v) is 4.07. The average molecular weight is 220 g/mol. The van der Waals surface area contributed by atoms with E-state index >= 15 is 0 Å². The first-order valence-electron chi connectivity index (χ1n) is 6.08. The van der Waals surface area contributed by atoms with Gasteiger partial charge in [-0.1, -0.05) is 43.4 Å². The van der Waals surface area contributed by atoms with Crippen LogP contribution in [0.1, 0.15) is 52.9 Å². The van der Waals surface area contributed by atoms with Crippen molar-refractivity contribution >= 4 is 0 Å². The van der Waals surface area contributed by atoms with Gasteiger partial charge in [0.15, 0.2) is 6.10 Å². The van der Waals surface area contributed by atoms with Gasteiger partial charge in [-0.3, -0.25) is 0 Å². The standard InChI is InChI=1S/C15H24O/c1-5-7-8-9-12-15(16-6-2)13-10-11-14(3)4/h6,11,15H,2,5,7-8,10,13H2,1,3-4H3. The maximum absolute atomic E-state index is 5.37. The highest BCUT2D eigenvalue weighted by molar-refractivity contribution is 5.06. The van der Waals surface area contributed by atoms with Crippen molar-refractivity contribution in [2.24, 2.45) is 0 Å². The van der Waals surface area contributed by atoms with Gasteiger partial charge in [0.1, 0.15) is 0 Å². The summed E-state index contributed by atoms with van der Waals surface area (Å²) in [4.78, 5) is 0. The van der Waals surface area contributed by atoms with Crippen molar-refractivity contribution < 1.29 is 4.74 Å². The molecule has 0 aliphatic carbocycles. The van der Waals surface area contributed by atoms with Crippen molar-refractivity contribution in [1.82, 2.24) is 0 Å². The number of allylic oxidation sites excluding steroid dienone is 2. The molecule has 0 aromatic carbocycles. The van der Waals surface area contributed by atoms with Crippen LogP contribution in [0.3, 0.4) is 0 Å². The molecule has 1 unspecified atom stereocenters. The van der Waals surface area contributed by atoms with Gasteiger partial charge in [0.2, 0.25) is 0 Å². The molecule has 90 valence electrons. The molecule has 0 bridgehead atoms. The van der Waals surface area contributed by atoms with E-state index in [-0.39, 0.29) is 6.10 Å². The Morgan fingerprint density at radius 1 is 1.44 bits per heavy atom. The smallest absolute Gasteiger partial charge is 0.158 e. The van der Waals surface area contributed by atoms with Crippen molar-refractivity contribution in [3.8, 4) is 11.8 Å². The fraction of sp³-hybridized carbons (Fsp3) is 0.600. The highest BCUT2D eigenvalue weighted by Crippen LogP contribution is 2.05. The molecular formula is C15H24O. The summed E-state index contributed by atoms with van der Waals surface area (Å²) in [6.45, 7) is 9.97. The third-order valence-electron chi connectivity index (χ3n) is 2.16. The molecule has 1 nitrogen and oxygen atoms in total. The Bertz CT molecular complexity index is 261. The van der Waals surface area contributed by atoms with Crippen LogP contribution in [-0.2, 0) is 4.74 Å². The topological polar surface area (TPSA) is 9.23 Å². The highest BCUT2D eigenvalue weighted by Gasteiger charge is 2.01. The first-order valence-corrected chi connectivity index (χ1v) is 6.08. The van der Waals surface area contributed by atoms with Gasteiger partial charge in [-0.15, -0.1) is 0 Å². The summed E-state index contributed by atoms with van der Waals surface area (Å²) in [7, 11) is 0. The van der Waals surface area contributed by atoms with Gasteiger partial charge in [0, 0.05) is 6.42 Å². The van der Waals surface area contributed by atoms with Crippen LogP contribution < -0.4 is 0 Å². The minimum absolute atomic E-state index is 0.00459. The van der Waals surface area contributed by atoms with Crippen LogP contribution in [0.2, 0.25) is 0 Å². The second-order valence-electron chi connectivity index (χ2n) is 4.07. The van der Waals surface area contributed by atoms with Crippen LogP contribution in [0.15, 0.2) is 24.5 Å². The van der Waals surface area contributed by atoms with Crippen LogP contribution in [0.5, 0.6) is 0 Å². The van der Waals surface area contributed by atoms with E-state index in [1.54, 1.807) is 0 Å². The summed E-state index contributed by atoms with van der Waals surface area (Å²) in [6, 6.07) is 0. The lowest BCUT2D eigenvalue weighted by Crippen LogP contribution is -2.05. The molecule has 0 spiro atoms. The predicted octanol–water partition coefficient (Wildman–Crippen LogP) is 4.46. The number of hydrogen-bond acceptors (Lipinski definition) is 1. The van der Waals surface area contributed by atoms with Gasteiger partial charge >= 0.3 is 0 Å². The van der Waals surface area contributed by atoms with Crippen molar-refractivity contribution in [1.29, 1.82) is 0 Å². The van der Waals surface area contributed by atoms with Crippen LogP contribution in [0.4, 0.5) is 0 Å². The van der Waals surface area contributed by atoms with Gasteiger partial charge in [0.05, 0.1) is 6.26 Å².